The Balaban J connectivity index is 2.18. The van der Waals surface area contributed by atoms with Gasteiger partial charge in [0.05, 0.1) is 23.2 Å². The van der Waals surface area contributed by atoms with Crippen molar-refractivity contribution in [2.24, 2.45) is 0 Å². The number of aliphatic hydroxyl groups excluding tert-OH is 1. The van der Waals surface area contributed by atoms with Gasteiger partial charge in [-0.05, 0) is 19.4 Å². The van der Waals surface area contributed by atoms with Crippen LogP contribution in [0, 0.1) is 10.1 Å². The van der Waals surface area contributed by atoms with E-state index in [4.69, 9.17) is 10.5 Å². The van der Waals surface area contributed by atoms with E-state index in [1.165, 1.54) is 6.07 Å². The minimum Gasteiger partial charge on any atom is -0.394 e. The Morgan fingerprint density at radius 1 is 1.57 bits per heavy atom. The number of ether oxygens (including phenoxy) is 1. The van der Waals surface area contributed by atoms with Crippen LogP contribution < -0.4 is 5.73 Å². The van der Waals surface area contributed by atoms with Crippen molar-refractivity contribution in [3.8, 4) is 0 Å². The first-order chi connectivity index (χ1) is 9.82. The number of benzene rings is 1. The number of nitro groups is 1. The van der Waals surface area contributed by atoms with E-state index in [1.807, 2.05) is 13.8 Å². The normalized spacial score (nSPS) is 22.1. The van der Waals surface area contributed by atoms with Crippen molar-refractivity contribution in [3.63, 3.8) is 0 Å². The standard InChI is InChI=1S/C14H21N3O4/c1-14(2)9-16(7-11(8-18)21-14)6-10-4-3-5-12(13(10)15)17(19)20/h3-5,11,18H,6-9,15H2,1-2H3. The largest absolute Gasteiger partial charge is 0.394 e. The highest BCUT2D eigenvalue weighted by Gasteiger charge is 2.33. The maximum atomic E-state index is 10.9. The molecule has 0 bridgehead atoms. The summed E-state index contributed by atoms with van der Waals surface area (Å²) in [7, 11) is 0. The van der Waals surface area contributed by atoms with Crippen LogP contribution in [0.3, 0.4) is 0 Å². The van der Waals surface area contributed by atoms with Gasteiger partial charge < -0.3 is 15.6 Å². The van der Waals surface area contributed by atoms with Gasteiger partial charge in [-0.15, -0.1) is 0 Å². The molecular weight excluding hydrogens is 274 g/mol. The molecule has 2 rings (SSSR count). The average molecular weight is 295 g/mol. The van der Waals surface area contributed by atoms with Crippen LogP contribution in [0.1, 0.15) is 19.4 Å². The molecule has 1 unspecified atom stereocenters. The Hall–Kier alpha value is -1.70. The monoisotopic (exact) mass is 295 g/mol. The van der Waals surface area contributed by atoms with Crippen LogP contribution in [0.5, 0.6) is 0 Å². The molecule has 0 saturated carbocycles. The summed E-state index contributed by atoms with van der Waals surface area (Å²) in [5.41, 5.74) is 6.36. The predicted octanol–water partition coefficient (Wildman–Crippen LogP) is 1.15. The van der Waals surface area contributed by atoms with Gasteiger partial charge in [-0.1, -0.05) is 12.1 Å². The van der Waals surface area contributed by atoms with E-state index >= 15 is 0 Å². The molecule has 1 aromatic carbocycles. The van der Waals surface area contributed by atoms with Gasteiger partial charge in [-0.3, -0.25) is 15.0 Å². The molecule has 21 heavy (non-hydrogen) atoms. The summed E-state index contributed by atoms with van der Waals surface area (Å²) in [6.45, 7) is 5.60. The van der Waals surface area contributed by atoms with E-state index in [9.17, 15) is 15.2 Å². The minimum absolute atomic E-state index is 0.0512. The number of morpholine rings is 1. The van der Waals surface area contributed by atoms with Gasteiger partial charge in [0.25, 0.3) is 5.69 Å². The number of nitrogen functional groups attached to an aromatic ring is 1. The molecule has 1 atom stereocenters. The van der Waals surface area contributed by atoms with Crippen LogP contribution in [0.4, 0.5) is 11.4 Å². The number of anilines is 1. The smallest absolute Gasteiger partial charge is 0.292 e. The summed E-state index contributed by atoms with van der Waals surface area (Å²) in [5.74, 6) is 0. The second-order valence-corrected chi connectivity index (χ2v) is 5.96. The lowest BCUT2D eigenvalue weighted by Crippen LogP contribution is -2.53. The first-order valence-corrected chi connectivity index (χ1v) is 6.85. The zero-order valence-electron chi connectivity index (χ0n) is 12.3. The fourth-order valence-corrected chi connectivity index (χ4v) is 2.77. The van der Waals surface area contributed by atoms with Gasteiger partial charge in [0.1, 0.15) is 5.69 Å². The number of para-hydroxylation sites is 1. The quantitative estimate of drug-likeness (QED) is 0.491. The molecule has 0 aromatic heterocycles. The van der Waals surface area contributed by atoms with Gasteiger partial charge in [0.2, 0.25) is 0 Å². The van der Waals surface area contributed by atoms with Crippen molar-refractivity contribution in [2.45, 2.75) is 32.1 Å². The SMILES string of the molecule is CC1(C)CN(Cc2cccc([N+](=O)[O-])c2N)CC(CO)O1. The van der Waals surface area contributed by atoms with Crippen molar-refractivity contribution in [1.82, 2.24) is 4.90 Å². The maximum Gasteiger partial charge on any atom is 0.292 e. The molecule has 7 nitrogen and oxygen atoms in total. The maximum absolute atomic E-state index is 10.9. The zero-order valence-corrected chi connectivity index (χ0v) is 12.3. The molecule has 0 spiro atoms. The van der Waals surface area contributed by atoms with Crippen molar-refractivity contribution >= 4 is 11.4 Å². The van der Waals surface area contributed by atoms with E-state index in [-0.39, 0.29) is 29.7 Å². The third-order valence-corrected chi connectivity index (χ3v) is 3.52. The Morgan fingerprint density at radius 2 is 2.29 bits per heavy atom. The van der Waals surface area contributed by atoms with E-state index in [2.05, 4.69) is 4.90 Å². The summed E-state index contributed by atoms with van der Waals surface area (Å²) in [5, 5.41) is 20.2. The first kappa shape index (κ1) is 15.7. The summed E-state index contributed by atoms with van der Waals surface area (Å²) < 4.78 is 5.75. The van der Waals surface area contributed by atoms with Gasteiger partial charge in [0.15, 0.2) is 0 Å². The van der Waals surface area contributed by atoms with Crippen LogP contribution in [0.15, 0.2) is 18.2 Å². The summed E-state index contributed by atoms with van der Waals surface area (Å²) in [6.07, 6.45) is -0.256. The third kappa shape index (κ3) is 3.69. The van der Waals surface area contributed by atoms with Crippen LogP contribution in [-0.4, -0.2) is 46.3 Å². The summed E-state index contributed by atoms with van der Waals surface area (Å²) in [4.78, 5) is 12.5. The third-order valence-electron chi connectivity index (χ3n) is 3.52. The van der Waals surface area contributed by atoms with E-state index in [0.29, 0.717) is 19.6 Å². The lowest BCUT2D eigenvalue weighted by molar-refractivity contribution is -0.384. The molecule has 0 radical (unpaired) electrons. The Kier molecular flexibility index (Phi) is 4.46. The van der Waals surface area contributed by atoms with Crippen molar-refractivity contribution < 1.29 is 14.8 Å². The van der Waals surface area contributed by atoms with E-state index < -0.39 is 4.92 Å². The number of hydrogen-bond acceptors (Lipinski definition) is 6. The molecule has 1 saturated heterocycles. The molecule has 0 aliphatic carbocycles. The van der Waals surface area contributed by atoms with Crippen LogP contribution in [0.2, 0.25) is 0 Å². The number of aliphatic hydroxyl groups is 1. The number of nitro benzene ring substituents is 1. The molecule has 0 amide bonds. The molecule has 1 aromatic rings. The topological polar surface area (TPSA) is 102 Å². The number of nitrogens with zero attached hydrogens (tertiary/aromatic N) is 2. The van der Waals surface area contributed by atoms with E-state index in [1.54, 1.807) is 12.1 Å². The zero-order chi connectivity index (χ0) is 15.6. The molecule has 7 heteroatoms. The van der Waals surface area contributed by atoms with Crippen LogP contribution in [0.25, 0.3) is 0 Å². The number of rotatable bonds is 4. The highest BCUT2D eigenvalue weighted by atomic mass is 16.6. The molecule has 3 N–H and O–H groups in total. The van der Waals surface area contributed by atoms with Crippen LogP contribution in [-0.2, 0) is 11.3 Å². The van der Waals surface area contributed by atoms with E-state index in [0.717, 1.165) is 5.56 Å². The molecule has 116 valence electrons. The highest BCUT2D eigenvalue weighted by Crippen LogP contribution is 2.28. The fraction of sp³-hybridized carbons (Fsp3) is 0.571. The second-order valence-electron chi connectivity index (χ2n) is 5.96. The summed E-state index contributed by atoms with van der Waals surface area (Å²) >= 11 is 0. The highest BCUT2D eigenvalue weighted by molar-refractivity contribution is 5.62. The van der Waals surface area contributed by atoms with Gasteiger partial charge in [0, 0.05) is 25.7 Å². The lowest BCUT2D eigenvalue weighted by atomic mass is 10.0. The lowest BCUT2D eigenvalue weighted by Gasteiger charge is -2.42. The van der Waals surface area contributed by atoms with Crippen molar-refractivity contribution in [3.05, 3.63) is 33.9 Å². The van der Waals surface area contributed by atoms with Gasteiger partial charge >= 0.3 is 0 Å². The predicted molar refractivity (Wildman–Crippen MR) is 78.8 cm³/mol. The Labute approximate surface area is 123 Å². The van der Waals surface area contributed by atoms with Gasteiger partial charge in [-0.2, -0.15) is 0 Å². The summed E-state index contributed by atoms with van der Waals surface area (Å²) in [6, 6.07) is 4.83. The molecule has 1 aliphatic rings. The minimum atomic E-state index is -0.474. The van der Waals surface area contributed by atoms with Crippen LogP contribution >= 0.6 is 0 Å². The number of hydrogen-bond donors (Lipinski definition) is 2. The van der Waals surface area contributed by atoms with Gasteiger partial charge in [-0.25, -0.2) is 0 Å². The first-order valence-electron chi connectivity index (χ1n) is 6.85. The van der Waals surface area contributed by atoms with Crippen molar-refractivity contribution in [2.75, 3.05) is 25.4 Å². The molecule has 1 aliphatic heterocycles. The second kappa shape index (κ2) is 5.97. The molecular formula is C14H21N3O4. The van der Waals surface area contributed by atoms with Crippen molar-refractivity contribution in [1.29, 1.82) is 0 Å². The molecule has 1 heterocycles. The Morgan fingerprint density at radius 3 is 2.90 bits per heavy atom. The number of nitrogens with two attached hydrogens (primary N) is 1. The fourth-order valence-electron chi connectivity index (χ4n) is 2.77. The average Bonchev–Trinajstić information content (AvgIpc) is 2.39. The molecule has 1 fully saturated rings. The Bertz CT molecular complexity index is 533.